The van der Waals surface area contributed by atoms with Crippen LogP contribution in [0.25, 0.3) is 87.4 Å². The Kier molecular flexibility index (Phi) is 7.93. The van der Waals surface area contributed by atoms with Crippen molar-refractivity contribution >= 4 is 70.5 Å². The van der Waals surface area contributed by atoms with Gasteiger partial charge in [0.15, 0.2) is 17.5 Å². The lowest BCUT2D eigenvalue weighted by atomic mass is 10.0. The zero-order chi connectivity index (χ0) is 37.7. The first kappa shape index (κ1) is 33.0. The maximum atomic E-state index is 6.56. The number of furan rings is 1. The highest BCUT2D eigenvalue weighted by Crippen LogP contribution is 2.41. The summed E-state index contributed by atoms with van der Waals surface area (Å²) in [5, 5.41) is 4.71. The molecule has 6 heteroatoms. The molecule has 0 amide bonds. The molecule has 0 aliphatic heterocycles. The second kappa shape index (κ2) is 13.7. The molecule has 5 nitrogen and oxygen atoms in total. The molecule has 0 radical (unpaired) electrons. The number of para-hydroxylation sites is 1. The summed E-state index contributed by atoms with van der Waals surface area (Å²) >= 11 is 1.84. The van der Waals surface area contributed by atoms with Gasteiger partial charge >= 0.3 is 0 Å². The Morgan fingerprint density at radius 1 is 0.333 bits per heavy atom. The van der Waals surface area contributed by atoms with E-state index in [1.54, 1.807) is 0 Å². The first-order valence-corrected chi connectivity index (χ1v) is 19.7. The smallest absolute Gasteiger partial charge is 0.164 e. The zero-order valence-corrected chi connectivity index (χ0v) is 31.4. The third-order valence-electron chi connectivity index (χ3n) is 10.5. The van der Waals surface area contributed by atoms with E-state index in [0.29, 0.717) is 17.5 Å². The topological polar surface area (TPSA) is 55.1 Å². The number of thiophene rings is 1. The molecule has 0 N–H and O–H groups in total. The quantitative estimate of drug-likeness (QED) is 0.162. The maximum absolute atomic E-state index is 6.56. The lowest BCUT2D eigenvalue weighted by molar-refractivity contribution is 0.669. The van der Waals surface area contributed by atoms with Crippen LogP contribution in [0.4, 0.5) is 17.1 Å². The normalized spacial score (nSPS) is 11.5. The number of nitrogens with zero attached hydrogens (tertiary/aromatic N) is 4. The average molecular weight is 749 g/mol. The fraction of sp³-hybridized carbons (Fsp3) is 0. The van der Waals surface area contributed by atoms with Crippen LogP contribution in [0.3, 0.4) is 0 Å². The van der Waals surface area contributed by atoms with Crippen LogP contribution in [0.2, 0.25) is 0 Å². The van der Waals surface area contributed by atoms with Crippen LogP contribution in [-0.2, 0) is 0 Å². The summed E-state index contributed by atoms with van der Waals surface area (Å²) < 4.78 is 9.15. The van der Waals surface area contributed by atoms with E-state index in [9.17, 15) is 0 Å². The van der Waals surface area contributed by atoms with Crippen LogP contribution >= 0.6 is 11.3 Å². The summed E-state index contributed by atoms with van der Waals surface area (Å²) in [4.78, 5) is 17.0. The first-order chi connectivity index (χ1) is 28.2. The van der Waals surface area contributed by atoms with Crippen molar-refractivity contribution in [3.63, 3.8) is 0 Å². The highest BCUT2D eigenvalue weighted by molar-refractivity contribution is 7.25. The SMILES string of the molecule is c1ccc(-c2nc(-c3ccccc3)nc(-c3ccc4c(c3)oc3cc(-c5ccc(N(c6ccccc6)c6ccc7c(c6)sc6ccccc67)cc5)ccc34)n2)cc1. The van der Waals surface area contributed by atoms with Gasteiger partial charge in [-0.25, -0.2) is 15.0 Å². The predicted octanol–water partition coefficient (Wildman–Crippen LogP) is 14.3. The van der Waals surface area contributed by atoms with Gasteiger partial charge in [-0.1, -0.05) is 127 Å². The maximum Gasteiger partial charge on any atom is 0.164 e. The Labute approximate surface area is 332 Å². The fourth-order valence-electron chi connectivity index (χ4n) is 7.71. The van der Waals surface area contributed by atoms with Crippen LogP contribution in [0.15, 0.2) is 199 Å². The molecule has 0 unspecified atom stereocenters. The van der Waals surface area contributed by atoms with Gasteiger partial charge in [-0.3, -0.25) is 0 Å². The van der Waals surface area contributed by atoms with Crippen molar-refractivity contribution in [1.29, 1.82) is 0 Å². The largest absolute Gasteiger partial charge is 0.456 e. The lowest BCUT2D eigenvalue weighted by Crippen LogP contribution is -2.09. The molecule has 11 rings (SSSR count). The van der Waals surface area contributed by atoms with Crippen molar-refractivity contribution in [2.75, 3.05) is 4.90 Å². The molecule has 0 fully saturated rings. The van der Waals surface area contributed by atoms with E-state index in [-0.39, 0.29) is 0 Å². The number of rotatable bonds is 7. The molecule has 0 atom stereocenters. The van der Waals surface area contributed by atoms with E-state index in [1.807, 2.05) is 78.1 Å². The Morgan fingerprint density at radius 2 is 0.807 bits per heavy atom. The molecule has 0 bridgehead atoms. The zero-order valence-electron chi connectivity index (χ0n) is 30.6. The number of aromatic nitrogens is 3. The number of fused-ring (bicyclic) bond motifs is 6. The molecule has 3 heterocycles. The van der Waals surface area contributed by atoms with E-state index in [4.69, 9.17) is 19.4 Å². The Morgan fingerprint density at radius 3 is 1.47 bits per heavy atom. The molecule has 0 saturated carbocycles. The molecule has 57 heavy (non-hydrogen) atoms. The Bertz CT molecular complexity index is 3170. The van der Waals surface area contributed by atoms with Crippen LogP contribution in [0.1, 0.15) is 0 Å². The summed E-state index contributed by atoms with van der Waals surface area (Å²) in [7, 11) is 0. The second-order valence-corrected chi connectivity index (χ2v) is 15.1. The third-order valence-corrected chi connectivity index (χ3v) is 11.7. The molecule has 8 aromatic carbocycles. The van der Waals surface area contributed by atoms with Crippen molar-refractivity contribution in [2.45, 2.75) is 0 Å². The summed E-state index contributed by atoms with van der Waals surface area (Å²) in [5.41, 5.74) is 9.87. The summed E-state index contributed by atoms with van der Waals surface area (Å²) in [5.74, 6) is 1.85. The molecule has 268 valence electrons. The Balaban J connectivity index is 0.940. The van der Waals surface area contributed by atoms with Gasteiger partial charge in [-0.15, -0.1) is 11.3 Å². The van der Waals surface area contributed by atoms with Crippen LogP contribution in [0, 0.1) is 0 Å². The first-order valence-electron chi connectivity index (χ1n) is 18.9. The lowest BCUT2D eigenvalue weighted by Gasteiger charge is -2.25. The van der Waals surface area contributed by atoms with Crippen molar-refractivity contribution in [3.05, 3.63) is 194 Å². The predicted molar refractivity (Wildman–Crippen MR) is 236 cm³/mol. The highest BCUT2D eigenvalue weighted by Gasteiger charge is 2.17. The van der Waals surface area contributed by atoms with Gasteiger partial charge < -0.3 is 9.32 Å². The second-order valence-electron chi connectivity index (χ2n) is 14.1. The standard InChI is InChI=1S/C51H32N4OS/c1-4-12-34(13-5-1)49-52-50(35-14-6-2-7-15-35)54-51(53-49)37-23-28-42-41-27-22-36(30-45(41)56-46(42)31-37)33-20-24-39(25-21-33)55(38-16-8-3-9-17-38)40-26-29-44-43-18-10-11-19-47(43)57-48(44)32-40/h1-32H. The van der Waals surface area contributed by atoms with Gasteiger partial charge in [0.05, 0.1) is 0 Å². The molecule has 3 aromatic heterocycles. The summed E-state index contributed by atoms with van der Waals surface area (Å²) in [6.45, 7) is 0. The van der Waals surface area contributed by atoms with E-state index in [1.165, 1.54) is 20.2 Å². The van der Waals surface area contributed by atoms with Gasteiger partial charge in [0, 0.05) is 64.7 Å². The molecule has 0 saturated heterocycles. The summed E-state index contributed by atoms with van der Waals surface area (Å²) in [6, 6.07) is 67.5. The molecule has 0 aliphatic rings. The van der Waals surface area contributed by atoms with Crippen LogP contribution in [0.5, 0.6) is 0 Å². The molecular formula is C51H32N4OS. The van der Waals surface area contributed by atoms with Gasteiger partial charge in [0.2, 0.25) is 0 Å². The van der Waals surface area contributed by atoms with E-state index < -0.39 is 0 Å². The van der Waals surface area contributed by atoms with E-state index in [2.05, 4.69) is 132 Å². The minimum absolute atomic E-state index is 0.596. The van der Waals surface area contributed by atoms with Crippen molar-refractivity contribution in [1.82, 2.24) is 15.0 Å². The molecule has 0 aliphatic carbocycles. The minimum atomic E-state index is 0.596. The van der Waals surface area contributed by atoms with Gasteiger partial charge in [-0.2, -0.15) is 0 Å². The number of anilines is 3. The number of hydrogen-bond acceptors (Lipinski definition) is 6. The average Bonchev–Trinajstić information content (AvgIpc) is 3.85. The highest BCUT2D eigenvalue weighted by atomic mass is 32.1. The third kappa shape index (κ3) is 6.00. The molecule has 0 spiro atoms. The van der Waals surface area contributed by atoms with Crippen LogP contribution in [-0.4, -0.2) is 15.0 Å². The van der Waals surface area contributed by atoms with Crippen LogP contribution < -0.4 is 4.90 Å². The van der Waals surface area contributed by atoms with E-state index in [0.717, 1.165) is 66.8 Å². The summed E-state index contributed by atoms with van der Waals surface area (Å²) in [6.07, 6.45) is 0. The van der Waals surface area contributed by atoms with E-state index >= 15 is 0 Å². The van der Waals surface area contributed by atoms with Gasteiger partial charge in [0.1, 0.15) is 11.2 Å². The monoisotopic (exact) mass is 748 g/mol. The van der Waals surface area contributed by atoms with Gasteiger partial charge in [0.25, 0.3) is 0 Å². The van der Waals surface area contributed by atoms with Crippen molar-refractivity contribution < 1.29 is 4.42 Å². The fourth-order valence-corrected chi connectivity index (χ4v) is 8.85. The number of benzene rings is 8. The Hall–Kier alpha value is -7.41. The number of hydrogen-bond donors (Lipinski definition) is 0. The van der Waals surface area contributed by atoms with Crippen molar-refractivity contribution in [2.24, 2.45) is 0 Å². The molecule has 11 aromatic rings. The van der Waals surface area contributed by atoms with Gasteiger partial charge in [-0.05, 0) is 77.9 Å². The van der Waals surface area contributed by atoms with Crippen molar-refractivity contribution in [3.8, 4) is 45.3 Å². The molecular weight excluding hydrogens is 717 g/mol. The minimum Gasteiger partial charge on any atom is -0.456 e.